The van der Waals surface area contributed by atoms with Crippen LogP contribution in [0.3, 0.4) is 0 Å². The van der Waals surface area contributed by atoms with Crippen LogP contribution < -0.4 is 9.80 Å². The summed E-state index contributed by atoms with van der Waals surface area (Å²) in [5.74, 6) is 1.69. The Bertz CT molecular complexity index is 664. The lowest BCUT2D eigenvalue weighted by Crippen LogP contribution is -2.43. The molecular weight excluding hydrogens is 288 g/mol. The molecule has 122 valence electrons. The van der Waals surface area contributed by atoms with E-state index in [2.05, 4.69) is 14.9 Å². The molecule has 0 spiro atoms. The van der Waals surface area contributed by atoms with Gasteiger partial charge in [0, 0.05) is 38.9 Å². The van der Waals surface area contributed by atoms with E-state index in [1.165, 1.54) is 0 Å². The topological polar surface area (TPSA) is 52.5 Å². The maximum Gasteiger partial charge on any atom is 0.227 e. The molecule has 0 amide bonds. The Balaban J connectivity index is 1.76. The van der Waals surface area contributed by atoms with Crippen LogP contribution >= 0.6 is 0 Å². The van der Waals surface area contributed by atoms with E-state index in [-0.39, 0.29) is 0 Å². The summed E-state index contributed by atoms with van der Waals surface area (Å²) in [4.78, 5) is 13.3. The minimum absolute atomic E-state index is 0.686. The van der Waals surface area contributed by atoms with Gasteiger partial charge in [0.25, 0.3) is 0 Å². The van der Waals surface area contributed by atoms with Gasteiger partial charge in [-0.15, -0.1) is 0 Å². The number of aryl methyl sites for hydroxylation is 1. The van der Waals surface area contributed by atoms with Crippen LogP contribution in [0.1, 0.15) is 24.0 Å². The first-order valence-electron chi connectivity index (χ1n) is 8.03. The van der Waals surface area contributed by atoms with Crippen molar-refractivity contribution in [1.29, 1.82) is 0 Å². The number of benzene rings is 1. The Hall–Kier alpha value is -2.14. The number of nitrogens with zero attached hydrogens (tertiary/aromatic N) is 4. The molecule has 0 saturated carbocycles. The molecule has 0 radical (unpaired) electrons. The van der Waals surface area contributed by atoms with Crippen LogP contribution in [0.15, 0.2) is 36.5 Å². The molecule has 5 nitrogen and oxygen atoms in total. The molecule has 1 N–H and O–H groups in total. The molecule has 2 heterocycles. The molecular formula is C18H24N4O. The molecule has 1 saturated heterocycles. The van der Waals surface area contributed by atoms with Gasteiger partial charge >= 0.3 is 0 Å². The molecule has 1 aliphatic rings. The molecule has 1 aliphatic heterocycles. The van der Waals surface area contributed by atoms with Gasteiger partial charge < -0.3 is 14.9 Å². The van der Waals surface area contributed by atoms with E-state index in [0.717, 1.165) is 36.0 Å². The van der Waals surface area contributed by atoms with Gasteiger partial charge in [-0.3, -0.25) is 0 Å². The van der Waals surface area contributed by atoms with E-state index in [9.17, 15) is 5.11 Å². The Labute approximate surface area is 137 Å². The van der Waals surface area contributed by atoms with Gasteiger partial charge in [-0.05, 0) is 25.3 Å². The molecule has 23 heavy (non-hydrogen) atoms. The van der Waals surface area contributed by atoms with Gasteiger partial charge in [0.2, 0.25) is 5.95 Å². The van der Waals surface area contributed by atoms with E-state index >= 15 is 0 Å². The number of anilines is 2. The number of hydrogen-bond donors (Lipinski definition) is 1. The van der Waals surface area contributed by atoms with E-state index in [1.807, 2.05) is 62.4 Å². The van der Waals surface area contributed by atoms with Crippen molar-refractivity contribution in [3.8, 4) is 0 Å². The maximum atomic E-state index is 10.9. The van der Waals surface area contributed by atoms with Gasteiger partial charge in [0.15, 0.2) is 0 Å². The monoisotopic (exact) mass is 312 g/mol. The predicted octanol–water partition coefficient (Wildman–Crippen LogP) is 2.34. The number of rotatable bonds is 3. The molecule has 1 aromatic heterocycles. The van der Waals surface area contributed by atoms with Crippen LogP contribution in [-0.2, 0) is 5.60 Å². The summed E-state index contributed by atoms with van der Waals surface area (Å²) >= 11 is 0. The number of aromatic nitrogens is 2. The van der Waals surface area contributed by atoms with Crippen molar-refractivity contribution in [2.75, 3.05) is 37.0 Å². The van der Waals surface area contributed by atoms with Gasteiger partial charge in [-0.25, -0.2) is 4.98 Å². The van der Waals surface area contributed by atoms with Crippen LogP contribution in [0.2, 0.25) is 0 Å². The summed E-state index contributed by atoms with van der Waals surface area (Å²) in [6.07, 6.45) is 3.24. The van der Waals surface area contributed by atoms with Crippen LogP contribution in [0.25, 0.3) is 0 Å². The number of hydrogen-bond acceptors (Lipinski definition) is 5. The summed E-state index contributed by atoms with van der Waals surface area (Å²) in [5.41, 5.74) is 1.32. The highest BCUT2D eigenvalue weighted by molar-refractivity contribution is 5.48. The summed E-state index contributed by atoms with van der Waals surface area (Å²) in [5, 5.41) is 10.9. The van der Waals surface area contributed by atoms with Crippen LogP contribution in [0.5, 0.6) is 0 Å². The Morgan fingerprint density at radius 3 is 2.39 bits per heavy atom. The van der Waals surface area contributed by atoms with Crippen LogP contribution in [0, 0.1) is 6.92 Å². The van der Waals surface area contributed by atoms with E-state index in [1.54, 1.807) is 0 Å². The first-order chi connectivity index (χ1) is 11.0. The number of piperidine rings is 1. The lowest BCUT2D eigenvalue weighted by Gasteiger charge is -2.38. The lowest BCUT2D eigenvalue weighted by atomic mass is 9.84. The summed E-state index contributed by atoms with van der Waals surface area (Å²) in [7, 11) is 3.98. The smallest absolute Gasteiger partial charge is 0.227 e. The fraction of sp³-hybridized carbons (Fsp3) is 0.444. The minimum atomic E-state index is -0.743. The minimum Gasteiger partial charge on any atom is -0.385 e. The molecule has 3 rings (SSSR count). The third-order valence-corrected chi connectivity index (χ3v) is 4.54. The van der Waals surface area contributed by atoms with Gasteiger partial charge in [0.05, 0.1) is 5.60 Å². The van der Waals surface area contributed by atoms with Crippen molar-refractivity contribution in [2.24, 2.45) is 0 Å². The van der Waals surface area contributed by atoms with Crippen molar-refractivity contribution >= 4 is 11.8 Å². The van der Waals surface area contributed by atoms with Crippen LogP contribution in [-0.4, -0.2) is 42.3 Å². The summed E-state index contributed by atoms with van der Waals surface area (Å²) in [6.45, 7) is 3.52. The van der Waals surface area contributed by atoms with Gasteiger partial charge in [-0.2, -0.15) is 4.98 Å². The third-order valence-electron chi connectivity index (χ3n) is 4.54. The van der Waals surface area contributed by atoms with E-state index in [4.69, 9.17) is 0 Å². The zero-order chi connectivity index (χ0) is 16.4. The first kappa shape index (κ1) is 15.7. The molecule has 0 aliphatic carbocycles. The van der Waals surface area contributed by atoms with Crippen molar-refractivity contribution < 1.29 is 5.11 Å². The van der Waals surface area contributed by atoms with Gasteiger partial charge in [0.1, 0.15) is 5.82 Å². The normalized spacial score (nSPS) is 17.1. The standard InChI is InChI=1S/C18H24N4O/c1-14-13-19-17(20-16(14)21(2)3)22-11-9-18(23,10-12-22)15-7-5-4-6-8-15/h4-8,13,23H,9-12H2,1-3H3. The van der Waals surface area contributed by atoms with Gasteiger partial charge in [-0.1, -0.05) is 30.3 Å². The second-order valence-electron chi connectivity index (χ2n) is 6.46. The fourth-order valence-corrected chi connectivity index (χ4v) is 3.14. The maximum absolute atomic E-state index is 10.9. The molecule has 0 bridgehead atoms. The third kappa shape index (κ3) is 3.15. The molecule has 1 aromatic carbocycles. The van der Waals surface area contributed by atoms with Crippen molar-refractivity contribution in [2.45, 2.75) is 25.4 Å². The highest BCUT2D eigenvalue weighted by Crippen LogP contribution is 2.33. The number of aliphatic hydroxyl groups is 1. The zero-order valence-electron chi connectivity index (χ0n) is 14.0. The first-order valence-corrected chi connectivity index (χ1v) is 8.03. The molecule has 2 aromatic rings. The summed E-state index contributed by atoms with van der Waals surface area (Å²) in [6, 6.07) is 9.94. The highest BCUT2D eigenvalue weighted by Gasteiger charge is 2.34. The Kier molecular flexibility index (Phi) is 4.22. The Morgan fingerprint density at radius 2 is 1.78 bits per heavy atom. The average molecular weight is 312 g/mol. The van der Waals surface area contributed by atoms with E-state index in [0.29, 0.717) is 12.8 Å². The predicted molar refractivity (Wildman–Crippen MR) is 92.9 cm³/mol. The van der Waals surface area contributed by atoms with Crippen LogP contribution in [0.4, 0.5) is 11.8 Å². The lowest BCUT2D eigenvalue weighted by molar-refractivity contribution is 0.0115. The van der Waals surface area contributed by atoms with E-state index < -0.39 is 5.60 Å². The van der Waals surface area contributed by atoms with Crippen molar-refractivity contribution in [1.82, 2.24) is 9.97 Å². The molecule has 0 atom stereocenters. The Morgan fingerprint density at radius 1 is 1.13 bits per heavy atom. The largest absolute Gasteiger partial charge is 0.385 e. The quantitative estimate of drug-likeness (QED) is 0.943. The summed E-state index contributed by atoms with van der Waals surface area (Å²) < 4.78 is 0. The molecule has 0 unspecified atom stereocenters. The average Bonchev–Trinajstić information content (AvgIpc) is 2.57. The van der Waals surface area contributed by atoms with Crippen molar-refractivity contribution in [3.63, 3.8) is 0 Å². The second kappa shape index (κ2) is 6.16. The fourth-order valence-electron chi connectivity index (χ4n) is 3.14. The second-order valence-corrected chi connectivity index (χ2v) is 6.46. The molecule has 5 heteroatoms. The SMILES string of the molecule is Cc1cnc(N2CCC(O)(c3ccccc3)CC2)nc1N(C)C. The highest BCUT2D eigenvalue weighted by atomic mass is 16.3. The van der Waals surface area contributed by atoms with Crippen molar-refractivity contribution in [3.05, 3.63) is 47.7 Å². The molecule has 1 fully saturated rings. The zero-order valence-corrected chi connectivity index (χ0v) is 14.0.